The Morgan fingerprint density at radius 2 is 2.29 bits per heavy atom. The maximum absolute atomic E-state index is 6.20. The molecule has 1 rings (SSSR count). The molecule has 3 atom stereocenters. The Morgan fingerprint density at radius 3 is 2.82 bits per heavy atom. The molecule has 1 N–H and O–H groups in total. The molecule has 0 aliphatic heterocycles. The molecule has 0 aromatic rings. The van der Waals surface area contributed by atoms with Crippen LogP contribution in [0.15, 0.2) is 12.7 Å². The zero-order valence-electron chi connectivity index (χ0n) is 11.8. The molecule has 0 aromatic heterocycles. The smallest absolute Gasteiger partial charge is 0.0840 e. The highest BCUT2D eigenvalue weighted by atomic mass is 16.5. The highest BCUT2D eigenvalue weighted by molar-refractivity contribution is 4.99. The summed E-state index contributed by atoms with van der Waals surface area (Å²) in [7, 11) is 0. The second-order valence-electron chi connectivity index (χ2n) is 5.33. The first-order valence-corrected chi connectivity index (χ1v) is 7.16. The van der Waals surface area contributed by atoms with Gasteiger partial charge in [-0.15, -0.1) is 6.58 Å². The SMILES string of the molecule is C=CCC(NCC)C1(OCC)CCCC(C)C1. The van der Waals surface area contributed by atoms with E-state index in [1.165, 1.54) is 25.7 Å². The molecule has 0 radical (unpaired) electrons. The number of hydrogen-bond donors (Lipinski definition) is 1. The molecule has 2 heteroatoms. The molecule has 0 bridgehead atoms. The average Bonchev–Trinajstić information content (AvgIpc) is 2.29. The summed E-state index contributed by atoms with van der Waals surface area (Å²) in [6.07, 6.45) is 8.04. The van der Waals surface area contributed by atoms with Crippen LogP contribution in [0.3, 0.4) is 0 Å². The predicted octanol–water partition coefficient (Wildman–Crippen LogP) is 3.53. The second-order valence-corrected chi connectivity index (χ2v) is 5.33. The van der Waals surface area contributed by atoms with Gasteiger partial charge in [0.1, 0.15) is 0 Å². The van der Waals surface area contributed by atoms with Gasteiger partial charge in [0.25, 0.3) is 0 Å². The normalized spacial score (nSPS) is 31.1. The van der Waals surface area contributed by atoms with Crippen LogP contribution >= 0.6 is 0 Å². The fourth-order valence-corrected chi connectivity index (χ4v) is 3.28. The maximum atomic E-state index is 6.20. The minimum Gasteiger partial charge on any atom is -0.374 e. The third-order valence-electron chi connectivity index (χ3n) is 3.91. The predicted molar refractivity (Wildman–Crippen MR) is 74.3 cm³/mol. The lowest BCUT2D eigenvalue weighted by Gasteiger charge is -2.45. The molecular weight excluding hydrogens is 210 g/mol. The Kier molecular flexibility index (Phi) is 6.21. The van der Waals surface area contributed by atoms with E-state index < -0.39 is 0 Å². The largest absolute Gasteiger partial charge is 0.374 e. The van der Waals surface area contributed by atoms with Crippen LogP contribution in [-0.4, -0.2) is 24.8 Å². The topological polar surface area (TPSA) is 21.3 Å². The van der Waals surface area contributed by atoms with Crippen molar-refractivity contribution in [3.8, 4) is 0 Å². The third kappa shape index (κ3) is 3.82. The van der Waals surface area contributed by atoms with Crippen molar-refractivity contribution in [2.24, 2.45) is 5.92 Å². The second kappa shape index (κ2) is 7.17. The van der Waals surface area contributed by atoms with Gasteiger partial charge in [0.05, 0.1) is 5.60 Å². The molecule has 100 valence electrons. The summed E-state index contributed by atoms with van der Waals surface area (Å²) >= 11 is 0. The van der Waals surface area contributed by atoms with Gasteiger partial charge < -0.3 is 10.1 Å². The van der Waals surface area contributed by atoms with Crippen LogP contribution in [0.5, 0.6) is 0 Å². The van der Waals surface area contributed by atoms with Gasteiger partial charge >= 0.3 is 0 Å². The van der Waals surface area contributed by atoms with Crippen molar-refractivity contribution in [2.75, 3.05) is 13.2 Å². The van der Waals surface area contributed by atoms with Gasteiger partial charge in [0.15, 0.2) is 0 Å². The lowest BCUT2D eigenvalue weighted by Crippen LogP contribution is -2.54. The molecule has 0 amide bonds. The van der Waals surface area contributed by atoms with Gasteiger partial charge in [-0.05, 0) is 38.6 Å². The molecular formula is C15H29NO. The van der Waals surface area contributed by atoms with Crippen LogP contribution in [0.25, 0.3) is 0 Å². The molecule has 0 saturated heterocycles. The van der Waals surface area contributed by atoms with Crippen molar-refractivity contribution >= 4 is 0 Å². The molecule has 3 unspecified atom stereocenters. The van der Waals surface area contributed by atoms with Crippen LogP contribution < -0.4 is 5.32 Å². The number of nitrogens with one attached hydrogen (secondary N) is 1. The molecule has 2 nitrogen and oxygen atoms in total. The summed E-state index contributed by atoms with van der Waals surface area (Å²) in [5.74, 6) is 0.779. The van der Waals surface area contributed by atoms with Crippen LogP contribution in [-0.2, 0) is 4.74 Å². The van der Waals surface area contributed by atoms with E-state index in [9.17, 15) is 0 Å². The maximum Gasteiger partial charge on any atom is 0.0840 e. The Morgan fingerprint density at radius 1 is 1.53 bits per heavy atom. The summed E-state index contributed by atoms with van der Waals surface area (Å²) in [5, 5.41) is 3.60. The fourth-order valence-electron chi connectivity index (χ4n) is 3.28. The lowest BCUT2D eigenvalue weighted by atomic mass is 9.73. The van der Waals surface area contributed by atoms with E-state index >= 15 is 0 Å². The molecule has 17 heavy (non-hydrogen) atoms. The zero-order chi connectivity index (χ0) is 12.7. The number of likely N-dealkylation sites (N-methyl/N-ethyl adjacent to an activating group) is 1. The van der Waals surface area contributed by atoms with E-state index in [0.29, 0.717) is 6.04 Å². The molecule has 1 fully saturated rings. The highest BCUT2D eigenvalue weighted by Crippen LogP contribution is 2.38. The zero-order valence-corrected chi connectivity index (χ0v) is 11.8. The molecule has 1 aliphatic carbocycles. The van der Waals surface area contributed by atoms with Gasteiger partial charge in [-0.3, -0.25) is 0 Å². The first-order valence-electron chi connectivity index (χ1n) is 7.16. The minimum atomic E-state index is 0.0383. The summed E-state index contributed by atoms with van der Waals surface area (Å²) in [4.78, 5) is 0. The first-order chi connectivity index (χ1) is 8.18. The van der Waals surface area contributed by atoms with Crippen LogP contribution in [0, 0.1) is 5.92 Å². The molecule has 1 aliphatic rings. The van der Waals surface area contributed by atoms with E-state index in [2.05, 4.69) is 32.7 Å². The van der Waals surface area contributed by atoms with E-state index in [1.54, 1.807) is 0 Å². The Hall–Kier alpha value is -0.340. The number of rotatable bonds is 7. The number of hydrogen-bond acceptors (Lipinski definition) is 2. The minimum absolute atomic E-state index is 0.0383. The molecule has 0 heterocycles. The van der Waals surface area contributed by atoms with Crippen molar-refractivity contribution < 1.29 is 4.74 Å². The lowest BCUT2D eigenvalue weighted by molar-refractivity contribution is -0.0993. The van der Waals surface area contributed by atoms with Crippen molar-refractivity contribution in [1.82, 2.24) is 5.32 Å². The molecule has 0 spiro atoms. The number of ether oxygens (including phenoxy) is 1. The summed E-state index contributed by atoms with van der Waals surface area (Å²) in [6.45, 7) is 12.3. The third-order valence-corrected chi connectivity index (χ3v) is 3.91. The Bertz CT molecular complexity index is 225. The molecule has 1 saturated carbocycles. The standard InChI is InChI=1S/C15H29NO/c1-5-9-14(16-6-2)15(17-7-3)11-8-10-13(4)12-15/h5,13-14,16H,1,6-12H2,2-4H3. The van der Waals surface area contributed by atoms with E-state index in [0.717, 1.165) is 25.5 Å². The van der Waals surface area contributed by atoms with Gasteiger partial charge in [-0.2, -0.15) is 0 Å². The van der Waals surface area contributed by atoms with Gasteiger partial charge in [-0.1, -0.05) is 32.8 Å². The van der Waals surface area contributed by atoms with Gasteiger partial charge in [-0.25, -0.2) is 0 Å². The summed E-state index contributed by atoms with van der Waals surface area (Å²) in [6, 6.07) is 0.424. The molecule has 0 aromatic carbocycles. The van der Waals surface area contributed by atoms with Gasteiger partial charge in [0.2, 0.25) is 0 Å². The van der Waals surface area contributed by atoms with Gasteiger partial charge in [0, 0.05) is 12.6 Å². The van der Waals surface area contributed by atoms with Crippen molar-refractivity contribution in [3.63, 3.8) is 0 Å². The first kappa shape index (κ1) is 14.7. The summed E-state index contributed by atoms with van der Waals surface area (Å²) in [5.41, 5.74) is 0.0383. The van der Waals surface area contributed by atoms with Crippen molar-refractivity contribution in [2.45, 2.75) is 64.5 Å². The summed E-state index contributed by atoms with van der Waals surface area (Å²) < 4.78 is 6.20. The fraction of sp³-hybridized carbons (Fsp3) is 0.867. The van der Waals surface area contributed by atoms with E-state index in [4.69, 9.17) is 4.74 Å². The van der Waals surface area contributed by atoms with Crippen LogP contribution in [0.4, 0.5) is 0 Å². The van der Waals surface area contributed by atoms with Crippen molar-refractivity contribution in [1.29, 1.82) is 0 Å². The Balaban J connectivity index is 2.81. The monoisotopic (exact) mass is 239 g/mol. The Labute approximate surface area is 107 Å². The average molecular weight is 239 g/mol. The van der Waals surface area contributed by atoms with E-state index in [-0.39, 0.29) is 5.60 Å². The quantitative estimate of drug-likeness (QED) is 0.686. The van der Waals surface area contributed by atoms with Crippen LogP contribution in [0.2, 0.25) is 0 Å². The van der Waals surface area contributed by atoms with Crippen LogP contribution in [0.1, 0.15) is 52.9 Å². The highest BCUT2D eigenvalue weighted by Gasteiger charge is 2.41. The van der Waals surface area contributed by atoms with Crippen molar-refractivity contribution in [3.05, 3.63) is 12.7 Å². The van der Waals surface area contributed by atoms with E-state index in [1.807, 2.05) is 6.08 Å².